The zero-order valence-corrected chi connectivity index (χ0v) is 16.5. The van der Waals surface area contributed by atoms with Gasteiger partial charge in [-0.3, -0.25) is 0 Å². The third-order valence-corrected chi connectivity index (χ3v) is 5.52. The van der Waals surface area contributed by atoms with Gasteiger partial charge in [0.1, 0.15) is 5.75 Å². The van der Waals surface area contributed by atoms with E-state index in [0.717, 1.165) is 51.0 Å². The number of alkyl halides is 3. The summed E-state index contributed by atoms with van der Waals surface area (Å²) in [6.45, 7) is 0. The summed E-state index contributed by atoms with van der Waals surface area (Å²) in [6.07, 6.45) is -0.594. The first-order valence-electron chi connectivity index (χ1n) is 9.72. The van der Waals surface area contributed by atoms with Gasteiger partial charge in [-0.2, -0.15) is 13.2 Å². The van der Waals surface area contributed by atoms with Crippen molar-refractivity contribution < 1.29 is 22.9 Å². The number of aromatic nitrogens is 1. The minimum atomic E-state index is -4.38. The van der Waals surface area contributed by atoms with Crippen LogP contribution in [0.1, 0.15) is 22.3 Å². The second-order valence-corrected chi connectivity index (χ2v) is 7.31. The lowest BCUT2D eigenvalue weighted by molar-refractivity contribution is -0.342. The van der Waals surface area contributed by atoms with Crippen molar-refractivity contribution in [3.8, 4) is 5.75 Å². The molecule has 0 fully saturated rings. The van der Waals surface area contributed by atoms with Gasteiger partial charge < -0.3 is 9.72 Å². The number of rotatable bonds is 3. The van der Waals surface area contributed by atoms with Crippen LogP contribution >= 0.6 is 0 Å². The Labute approximate surface area is 176 Å². The van der Waals surface area contributed by atoms with Crippen LogP contribution in [0.15, 0.2) is 72.9 Å². The maximum Gasteiger partial charge on any atom is 0.416 e. The first-order valence-corrected chi connectivity index (χ1v) is 9.72. The molecule has 1 aromatic heterocycles. The fraction of sp³-hybridized carbons (Fsp3) is 0.0800. The average molecular weight is 419 g/mol. The van der Waals surface area contributed by atoms with E-state index in [1.54, 1.807) is 7.11 Å². The Balaban J connectivity index is 1.78. The highest BCUT2D eigenvalue weighted by Crippen LogP contribution is 2.39. The smallest absolute Gasteiger partial charge is 0.416 e. The molecule has 0 spiro atoms. The molecule has 3 nitrogen and oxygen atoms in total. The van der Waals surface area contributed by atoms with Crippen LogP contribution in [0.25, 0.3) is 22.0 Å². The van der Waals surface area contributed by atoms with E-state index < -0.39 is 11.7 Å². The summed E-state index contributed by atoms with van der Waals surface area (Å²) >= 11 is 0. The van der Waals surface area contributed by atoms with E-state index in [9.17, 15) is 13.2 Å². The Morgan fingerprint density at radius 2 is 1.74 bits per heavy atom. The largest absolute Gasteiger partial charge is 0.497 e. The molecule has 3 aromatic carbocycles. The molecule has 0 atom stereocenters. The van der Waals surface area contributed by atoms with Crippen LogP contribution in [0.5, 0.6) is 5.75 Å². The molecule has 0 aliphatic carbocycles. The second kappa shape index (κ2) is 7.16. The van der Waals surface area contributed by atoms with Crippen LogP contribution in [0.2, 0.25) is 0 Å². The van der Waals surface area contributed by atoms with Gasteiger partial charge in [-0.15, -0.1) is 0 Å². The summed E-state index contributed by atoms with van der Waals surface area (Å²) in [4.78, 5) is 6.54. The predicted octanol–water partition coefficient (Wildman–Crippen LogP) is 4.95. The van der Waals surface area contributed by atoms with Gasteiger partial charge in [0.15, 0.2) is 6.21 Å². The van der Waals surface area contributed by atoms with Crippen LogP contribution in [-0.2, 0) is 6.18 Å². The SMILES string of the molecule is COc1ccc2c(c1)C(=C(c1ccc(C(F)(F)F)cc1)c1c[nH]c3ccccc13)C=[NH+]2. The van der Waals surface area contributed by atoms with Crippen LogP contribution in [-0.4, -0.2) is 18.3 Å². The quantitative estimate of drug-likeness (QED) is 0.485. The molecule has 1 aliphatic heterocycles. The van der Waals surface area contributed by atoms with Gasteiger partial charge in [0.05, 0.1) is 23.8 Å². The van der Waals surface area contributed by atoms with Gasteiger partial charge in [0, 0.05) is 34.3 Å². The highest BCUT2D eigenvalue weighted by atomic mass is 19.4. The van der Waals surface area contributed by atoms with Crippen LogP contribution in [0, 0.1) is 0 Å². The fourth-order valence-electron chi connectivity index (χ4n) is 3.99. The maximum absolute atomic E-state index is 13.1. The van der Waals surface area contributed by atoms with Crippen LogP contribution < -0.4 is 9.73 Å². The van der Waals surface area contributed by atoms with Gasteiger partial charge in [0.25, 0.3) is 0 Å². The van der Waals surface area contributed by atoms with E-state index >= 15 is 0 Å². The Bertz CT molecular complexity index is 1350. The molecule has 2 heterocycles. The van der Waals surface area contributed by atoms with E-state index in [1.807, 2.05) is 54.9 Å². The molecule has 6 heteroatoms. The van der Waals surface area contributed by atoms with Crippen molar-refractivity contribution in [3.63, 3.8) is 0 Å². The Morgan fingerprint density at radius 1 is 0.968 bits per heavy atom. The summed E-state index contributed by atoms with van der Waals surface area (Å²) in [6, 6.07) is 18.9. The molecule has 2 N–H and O–H groups in total. The van der Waals surface area contributed by atoms with Crippen LogP contribution in [0.4, 0.5) is 18.9 Å². The van der Waals surface area contributed by atoms with Gasteiger partial charge in [-0.1, -0.05) is 30.3 Å². The lowest BCUT2D eigenvalue weighted by Gasteiger charge is -2.13. The van der Waals surface area contributed by atoms with Crippen molar-refractivity contribution in [1.29, 1.82) is 0 Å². The number of para-hydroxylation sites is 1. The molecule has 0 bridgehead atoms. The number of benzene rings is 3. The van der Waals surface area contributed by atoms with Gasteiger partial charge in [-0.05, 0) is 35.9 Å². The third kappa shape index (κ3) is 3.30. The van der Waals surface area contributed by atoms with Crippen molar-refractivity contribution in [3.05, 3.63) is 95.2 Å². The summed E-state index contributed by atoms with van der Waals surface area (Å²) in [7, 11) is 1.60. The van der Waals surface area contributed by atoms with E-state index in [4.69, 9.17) is 4.74 Å². The number of halogens is 3. The minimum Gasteiger partial charge on any atom is -0.497 e. The lowest BCUT2D eigenvalue weighted by Crippen LogP contribution is -2.58. The molecular weight excluding hydrogens is 401 g/mol. The topological polar surface area (TPSA) is 39.0 Å². The average Bonchev–Trinajstić information content (AvgIpc) is 3.38. The monoisotopic (exact) mass is 419 g/mol. The number of nitrogens with one attached hydrogen (secondary N) is 2. The zero-order chi connectivity index (χ0) is 21.6. The predicted molar refractivity (Wildman–Crippen MR) is 115 cm³/mol. The van der Waals surface area contributed by atoms with Gasteiger partial charge in [0.2, 0.25) is 5.69 Å². The molecule has 31 heavy (non-hydrogen) atoms. The Hall–Kier alpha value is -3.80. The molecule has 4 aromatic rings. The summed E-state index contributed by atoms with van der Waals surface area (Å²) < 4.78 is 44.8. The molecule has 0 amide bonds. The molecule has 0 unspecified atom stereocenters. The Morgan fingerprint density at radius 3 is 2.48 bits per heavy atom. The first-order chi connectivity index (χ1) is 15.0. The van der Waals surface area contributed by atoms with Crippen molar-refractivity contribution in [2.75, 3.05) is 7.11 Å². The molecular formula is C25H18F3N2O+. The van der Waals surface area contributed by atoms with Crippen molar-refractivity contribution in [1.82, 2.24) is 4.98 Å². The molecule has 0 saturated heterocycles. The normalized spacial score (nSPS) is 14.7. The Kier molecular flexibility index (Phi) is 4.43. The number of ether oxygens (including phenoxy) is 1. The van der Waals surface area contributed by atoms with Crippen molar-refractivity contribution in [2.45, 2.75) is 6.18 Å². The van der Waals surface area contributed by atoms with Gasteiger partial charge >= 0.3 is 6.18 Å². The van der Waals surface area contributed by atoms with Crippen molar-refractivity contribution in [2.24, 2.45) is 0 Å². The number of fused-ring (bicyclic) bond motifs is 2. The van der Waals surface area contributed by atoms with E-state index in [2.05, 4.69) is 9.98 Å². The number of H-pyrrole nitrogens is 1. The number of methoxy groups -OCH3 is 1. The zero-order valence-electron chi connectivity index (χ0n) is 16.5. The highest BCUT2D eigenvalue weighted by Gasteiger charge is 2.31. The lowest BCUT2D eigenvalue weighted by atomic mass is 9.89. The van der Waals surface area contributed by atoms with Gasteiger partial charge in [-0.25, -0.2) is 4.99 Å². The fourth-order valence-corrected chi connectivity index (χ4v) is 3.99. The second-order valence-electron chi connectivity index (χ2n) is 7.31. The number of aromatic amines is 1. The third-order valence-electron chi connectivity index (χ3n) is 5.52. The van der Waals surface area contributed by atoms with Crippen LogP contribution in [0.3, 0.4) is 0 Å². The number of hydrogen-bond donors (Lipinski definition) is 2. The van der Waals surface area contributed by atoms with E-state index in [0.29, 0.717) is 11.3 Å². The van der Waals surface area contributed by atoms with Crippen molar-refractivity contribution >= 4 is 34.0 Å². The first kappa shape index (κ1) is 19.2. The molecule has 154 valence electrons. The summed E-state index contributed by atoms with van der Waals surface area (Å²) in [5, 5.41) is 0.995. The molecule has 0 radical (unpaired) electrons. The minimum absolute atomic E-state index is 0.671. The standard InChI is InChI=1S/C25H17F3N2O/c1-31-17-10-11-23-19(12-17)21(14-30-23)24(15-6-8-16(9-7-15)25(26,27)28)20-13-29-22-5-3-2-4-18(20)22/h2-14,29H,1H3/p+1. The summed E-state index contributed by atoms with van der Waals surface area (Å²) in [5.74, 6) is 0.707. The number of hydrogen-bond acceptors (Lipinski definition) is 1. The highest BCUT2D eigenvalue weighted by molar-refractivity contribution is 6.24. The van der Waals surface area contributed by atoms with E-state index in [-0.39, 0.29) is 0 Å². The number of allylic oxidation sites excluding steroid dienone is 1. The molecule has 5 rings (SSSR count). The molecule has 0 saturated carbocycles. The molecule has 1 aliphatic rings. The van der Waals surface area contributed by atoms with E-state index in [1.165, 1.54) is 12.1 Å². The summed E-state index contributed by atoms with van der Waals surface area (Å²) in [5.41, 5.74) is 5.47. The maximum atomic E-state index is 13.1.